The quantitative estimate of drug-likeness (QED) is 0.365. The van der Waals surface area contributed by atoms with Gasteiger partial charge in [0.15, 0.2) is 0 Å². The van der Waals surface area contributed by atoms with Crippen molar-refractivity contribution in [3.8, 4) is 0 Å². The van der Waals surface area contributed by atoms with E-state index in [0.29, 0.717) is 22.0 Å². The number of aromatic amines is 1. The molecule has 0 radical (unpaired) electrons. The molecule has 3 atom stereocenters. The Morgan fingerprint density at radius 3 is 2.79 bits per heavy atom. The van der Waals surface area contributed by atoms with Crippen LogP contribution in [0.1, 0.15) is 43.2 Å². The number of hydrogen-bond donors (Lipinski definition) is 1. The number of nitrogens with zero attached hydrogens (tertiary/aromatic N) is 4. The van der Waals surface area contributed by atoms with Crippen molar-refractivity contribution in [3.05, 3.63) is 57.6 Å². The Labute approximate surface area is 234 Å². The molecule has 2 saturated carbocycles. The highest BCUT2D eigenvalue weighted by molar-refractivity contribution is 6.42. The molecule has 3 aromatic rings. The van der Waals surface area contributed by atoms with Crippen LogP contribution in [-0.2, 0) is 10.2 Å². The molecule has 6 nitrogen and oxygen atoms in total. The van der Waals surface area contributed by atoms with Gasteiger partial charge in [-0.05, 0) is 80.3 Å². The van der Waals surface area contributed by atoms with Crippen molar-refractivity contribution in [2.24, 2.45) is 5.92 Å². The number of fused-ring (bicyclic) bond motifs is 2. The molecular formula is C30H35Cl2N5O. The molecule has 2 aliphatic carbocycles. The number of rotatable bonds is 8. The van der Waals surface area contributed by atoms with E-state index in [4.69, 9.17) is 28.2 Å². The summed E-state index contributed by atoms with van der Waals surface area (Å²) in [5, 5.41) is 1.08. The van der Waals surface area contributed by atoms with Crippen molar-refractivity contribution >= 4 is 52.2 Å². The molecule has 0 amide bonds. The van der Waals surface area contributed by atoms with Crippen LogP contribution in [0.15, 0.2) is 36.4 Å². The summed E-state index contributed by atoms with van der Waals surface area (Å²) in [4.78, 5) is 26.9. The van der Waals surface area contributed by atoms with E-state index in [9.17, 15) is 4.79 Å². The number of anilines is 1. The molecule has 0 spiro atoms. The van der Waals surface area contributed by atoms with E-state index >= 15 is 0 Å². The van der Waals surface area contributed by atoms with Gasteiger partial charge in [-0.15, -0.1) is 0 Å². The average molecular weight is 553 g/mol. The van der Waals surface area contributed by atoms with Crippen molar-refractivity contribution in [1.82, 2.24) is 19.8 Å². The maximum atomic E-state index is 10.9. The molecule has 8 heteroatoms. The van der Waals surface area contributed by atoms with Gasteiger partial charge >= 0.3 is 0 Å². The highest BCUT2D eigenvalue weighted by Crippen LogP contribution is 2.63. The molecule has 6 rings (SSSR count). The molecule has 1 unspecified atom stereocenters. The molecule has 1 N–H and O–H groups in total. The van der Waals surface area contributed by atoms with Gasteiger partial charge in [0.25, 0.3) is 0 Å². The highest BCUT2D eigenvalue weighted by atomic mass is 35.5. The third-order valence-electron chi connectivity index (χ3n) is 9.09. The van der Waals surface area contributed by atoms with Crippen molar-refractivity contribution < 1.29 is 4.79 Å². The Morgan fingerprint density at radius 1 is 1.18 bits per heavy atom. The maximum absolute atomic E-state index is 10.9. The van der Waals surface area contributed by atoms with Crippen LogP contribution in [0.4, 0.5) is 5.95 Å². The first kappa shape index (κ1) is 25.9. The monoisotopic (exact) mass is 551 g/mol. The van der Waals surface area contributed by atoms with E-state index in [0.717, 1.165) is 87.5 Å². The number of nitrogens with one attached hydrogen (secondary N) is 1. The lowest BCUT2D eigenvalue weighted by molar-refractivity contribution is 0.153. The minimum Gasteiger partial charge on any atom is -0.339 e. The van der Waals surface area contributed by atoms with Gasteiger partial charge in [-0.2, -0.15) is 0 Å². The molecule has 38 heavy (non-hydrogen) atoms. The molecule has 2 heterocycles. The Bertz CT molecular complexity index is 1320. The zero-order valence-electron chi connectivity index (χ0n) is 21.9. The first-order valence-corrected chi connectivity index (χ1v) is 14.5. The number of piperazine rings is 1. The molecule has 1 saturated heterocycles. The first-order valence-electron chi connectivity index (χ1n) is 13.8. The lowest BCUT2D eigenvalue weighted by Crippen LogP contribution is -2.46. The molecule has 2 aromatic carbocycles. The predicted octanol–water partition coefficient (Wildman–Crippen LogP) is 5.67. The number of aromatic nitrogens is 2. The summed E-state index contributed by atoms with van der Waals surface area (Å²) in [6, 6.07) is 12.7. The second kappa shape index (κ2) is 10.7. The standard InChI is InChI=1S/C30H35Cl2N5O/c1-35-11-13-36(14-12-35)9-3-10-37(29-33-27-18-25(31)26(32)19-28(27)34-29)24-6-8-30(20-23(30)17-24)22-5-2-4-21(16-22)7-15-38/h2,4-5,7,16,18-19,23-24H,3,6,8-14,17,20H2,1H3,(H,33,34)/t23?,24-,30-/m1/s1. The third kappa shape index (κ3) is 5.13. The molecular weight excluding hydrogens is 517 g/mol. The van der Waals surface area contributed by atoms with Crippen LogP contribution >= 0.6 is 23.2 Å². The maximum Gasteiger partial charge on any atom is 0.204 e. The van der Waals surface area contributed by atoms with Gasteiger partial charge in [0.2, 0.25) is 5.95 Å². The molecule has 0 bridgehead atoms. The number of halogens is 2. The number of imidazole rings is 1. The topological polar surface area (TPSA) is 55.5 Å². The van der Waals surface area contributed by atoms with Crippen LogP contribution in [0.25, 0.3) is 17.1 Å². The summed E-state index contributed by atoms with van der Waals surface area (Å²) in [6.07, 6.45) is 7.29. The summed E-state index contributed by atoms with van der Waals surface area (Å²) in [5.74, 6) is 3.51. The second-order valence-corrected chi connectivity index (χ2v) is 12.2. The number of H-pyrrole nitrogens is 1. The first-order chi connectivity index (χ1) is 18.4. The van der Waals surface area contributed by atoms with Crippen molar-refractivity contribution in [3.63, 3.8) is 0 Å². The Morgan fingerprint density at radius 2 is 2.00 bits per heavy atom. The van der Waals surface area contributed by atoms with E-state index in [1.54, 1.807) is 0 Å². The lowest BCUT2D eigenvalue weighted by Gasteiger charge is -2.38. The van der Waals surface area contributed by atoms with Crippen molar-refractivity contribution in [2.45, 2.75) is 43.6 Å². The number of hydrogen-bond acceptors (Lipinski definition) is 5. The van der Waals surface area contributed by atoms with Gasteiger partial charge in [-0.3, -0.25) is 0 Å². The van der Waals surface area contributed by atoms with Gasteiger partial charge in [0, 0.05) is 44.8 Å². The summed E-state index contributed by atoms with van der Waals surface area (Å²) in [5.41, 5.74) is 4.36. The number of benzene rings is 2. The normalized spacial score (nSPS) is 25.7. The van der Waals surface area contributed by atoms with E-state index in [2.05, 4.69) is 44.9 Å². The predicted molar refractivity (Wildman–Crippen MR) is 156 cm³/mol. The Balaban J connectivity index is 1.20. The molecule has 200 valence electrons. The molecule has 1 aliphatic heterocycles. The smallest absolute Gasteiger partial charge is 0.204 e. The van der Waals surface area contributed by atoms with Crippen molar-refractivity contribution in [1.29, 1.82) is 0 Å². The highest BCUT2D eigenvalue weighted by Gasteiger charge is 2.58. The summed E-state index contributed by atoms with van der Waals surface area (Å²) in [6.45, 7) is 6.65. The Kier molecular flexibility index (Phi) is 7.28. The number of carbonyl (C=O) groups excluding carboxylic acids is 1. The average Bonchev–Trinajstić information content (AvgIpc) is 3.53. The fourth-order valence-corrected chi connectivity index (χ4v) is 7.10. The van der Waals surface area contributed by atoms with Crippen LogP contribution in [0.2, 0.25) is 10.0 Å². The van der Waals surface area contributed by atoms with Crippen molar-refractivity contribution in [2.75, 3.05) is 51.2 Å². The summed E-state index contributed by atoms with van der Waals surface area (Å²) < 4.78 is 0. The Hall–Kier alpha value is -2.34. The van der Waals surface area contributed by atoms with Gasteiger partial charge in [-0.1, -0.05) is 47.5 Å². The third-order valence-corrected chi connectivity index (χ3v) is 9.82. The zero-order chi connectivity index (χ0) is 26.3. The van der Waals surface area contributed by atoms with Gasteiger partial charge in [-0.25, -0.2) is 9.78 Å². The van der Waals surface area contributed by atoms with Gasteiger partial charge in [0.05, 0.1) is 21.1 Å². The van der Waals surface area contributed by atoms with E-state index in [1.807, 2.05) is 24.1 Å². The minimum atomic E-state index is 0.254. The van der Waals surface area contributed by atoms with E-state index < -0.39 is 0 Å². The van der Waals surface area contributed by atoms with Crippen LogP contribution in [0.5, 0.6) is 0 Å². The summed E-state index contributed by atoms with van der Waals surface area (Å²) >= 11 is 12.6. The number of likely N-dealkylation sites (N-methyl/N-ethyl adjacent to an activating group) is 1. The van der Waals surface area contributed by atoms with Crippen LogP contribution < -0.4 is 4.90 Å². The lowest BCUT2D eigenvalue weighted by atomic mass is 9.80. The minimum absolute atomic E-state index is 0.254. The molecule has 3 fully saturated rings. The molecule has 3 aliphatic rings. The van der Waals surface area contributed by atoms with E-state index in [1.165, 1.54) is 18.1 Å². The van der Waals surface area contributed by atoms with Crippen LogP contribution in [-0.4, -0.2) is 78.1 Å². The van der Waals surface area contributed by atoms with Crippen LogP contribution in [0.3, 0.4) is 0 Å². The van der Waals surface area contributed by atoms with Crippen LogP contribution in [0, 0.1) is 5.92 Å². The fourth-order valence-electron chi connectivity index (χ4n) is 6.78. The van der Waals surface area contributed by atoms with Gasteiger partial charge < -0.3 is 19.7 Å². The largest absolute Gasteiger partial charge is 0.339 e. The SMILES string of the molecule is CN1CCN(CCCN(c2nc3cc(Cl)c(Cl)cc3[nH]2)[C@@H]2CC[C@]3(c4cccc(C=C=O)c4)CC3C2)CC1. The van der Waals surface area contributed by atoms with E-state index in [-0.39, 0.29) is 5.41 Å². The summed E-state index contributed by atoms with van der Waals surface area (Å²) in [7, 11) is 2.20. The van der Waals surface area contributed by atoms with Gasteiger partial charge in [0.1, 0.15) is 5.94 Å². The zero-order valence-corrected chi connectivity index (χ0v) is 23.4. The fraction of sp³-hybridized carbons (Fsp3) is 0.500. The second-order valence-electron chi connectivity index (χ2n) is 11.4. The molecule has 1 aromatic heterocycles.